The highest BCUT2D eigenvalue weighted by Crippen LogP contribution is 2.43. The smallest absolute Gasteiger partial charge is 0.462 e. The average molecular weight is 867 g/mol. The van der Waals surface area contributed by atoms with Gasteiger partial charge in [-0.05, 0) is 51.4 Å². The van der Waals surface area contributed by atoms with Crippen LogP contribution in [0.3, 0.4) is 0 Å². The number of allylic oxidation sites excluding steroid dienone is 8. The lowest BCUT2D eigenvalue weighted by atomic mass is 10.0. The molecule has 60 heavy (non-hydrogen) atoms. The van der Waals surface area contributed by atoms with Crippen LogP contribution < -0.4 is 0 Å². The van der Waals surface area contributed by atoms with Gasteiger partial charge in [-0.15, -0.1) is 0 Å². The molecule has 0 aliphatic heterocycles. The number of nitrogens with zero attached hydrogens (tertiary/aromatic N) is 1. The van der Waals surface area contributed by atoms with Crippen molar-refractivity contribution in [3.63, 3.8) is 0 Å². The second-order valence-electron chi connectivity index (χ2n) is 17.5. The van der Waals surface area contributed by atoms with Gasteiger partial charge in [0.2, 0.25) is 0 Å². The fourth-order valence-corrected chi connectivity index (χ4v) is 7.34. The number of phosphoric ester groups is 1. The minimum absolute atomic E-state index is 0.0308. The minimum atomic E-state index is -4.38. The molecule has 0 bridgehead atoms. The second kappa shape index (κ2) is 42.3. The number of carbonyl (C=O) groups is 2. The summed E-state index contributed by atoms with van der Waals surface area (Å²) >= 11 is 0. The first-order valence-corrected chi connectivity index (χ1v) is 25.9. The van der Waals surface area contributed by atoms with Crippen LogP contribution in [0, 0.1) is 0 Å². The summed E-state index contributed by atoms with van der Waals surface area (Å²) in [5.41, 5.74) is 0. The molecule has 9 nitrogen and oxygen atoms in total. The van der Waals surface area contributed by atoms with Crippen LogP contribution in [0.5, 0.6) is 0 Å². The number of ether oxygens (including phenoxy) is 2. The van der Waals surface area contributed by atoms with Gasteiger partial charge in [-0.2, -0.15) is 0 Å². The first kappa shape index (κ1) is 58.0. The van der Waals surface area contributed by atoms with Crippen molar-refractivity contribution >= 4 is 19.8 Å². The van der Waals surface area contributed by atoms with Crippen LogP contribution in [0.2, 0.25) is 0 Å². The molecule has 0 aromatic rings. The Morgan fingerprint density at radius 1 is 0.533 bits per heavy atom. The van der Waals surface area contributed by atoms with Gasteiger partial charge in [0, 0.05) is 12.8 Å². The zero-order chi connectivity index (χ0) is 44.3. The molecule has 0 radical (unpaired) electrons. The summed E-state index contributed by atoms with van der Waals surface area (Å²) in [6.07, 6.45) is 50.1. The van der Waals surface area contributed by atoms with Gasteiger partial charge in [-0.3, -0.25) is 18.6 Å². The lowest BCUT2D eigenvalue weighted by Gasteiger charge is -2.24. The predicted octanol–water partition coefficient (Wildman–Crippen LogP) is 14.2. The summed E-state index contributed by atoms with van der Waals surface area (Å²) in [4.78, 5) is 35.5. The van der Waals surface area contributed by atoms with E-state index in [4.69, 9.17) is 18.5 Å². The number of quaternary nitrogens is 1. The predicted molar refractivity (Wildman–Crippen MR) is 252 cm³/mol. The highest BCUT2D eigenvalue weighted by atomic mass is 31.2. The van der Waals surface area contributed by atoms with Gasteiger partial charge in [-0.25, -0.2) is 4.57 Å². The Bertz CT molecular complexity index is 1160. The number of rotatable bonds is 44. The molecule has 0 amide bonds. The monoisotopic (exact) mass is 867 g/mol. The fraction of sp³-hybridized carbons (Fsp3) is 0.800. The Morgan fingerprint density at radius 2 is 0.950 bits per heavy atom. The van der Waals surface area contributed by atoms with E-state index in [0.717, 1.165) is 70.6 Å². The van der Waals surface area contributed by atoms with Crippen molar-refractivity contribution in [2.24, 2.45) is 0 Å². The molecule has 0 saturated heterocycles. The lowest BCUT2D eigenvalue weighted by molar-refractivity contribution is -0.870. The van der Waals surface area contributed by atoms with Crippen LogP contribution in [0.4, 0.5) is 0 Å². The first-order chi connectivity index (χ1) is 29.0. The Labute approximate surface area is 369 Å². The fourth-order valence-electron chi connectivity index (χ4n) is 6.59. The van der Waals surface area contributed by atoms with Gasteiger partial charge in [-0.1, -0.05) is 191 Å². The number of hydrogen-bond donors (Lipinski definition) is 1. The Kier molecular flexibility index (Phi) is 40.8. The number of carbonyl (C=O) groups excluding carboxylic acids is 2. The van der Waals surface area contributed by atoms with E-state index < -0.39 is 26.5 Å². The summed E-state index contributed by atoms with van der Waals surface area (Å²) in [6, 6.07) is 0. The average Bonchev–Trinajstić information content (AvgIpc) is 3.20. The van der Waals surface area contributed by atoms with Crippen molar-refractivity contribution < 1.29 is 42.1 Å². The maximum atomic E-state index is 12.7. The molecular weight excluding hydrogens is 774 g/mol. The third kappa shape index (κ3) is 45.5. The Hall–Kier alpha value is -2.03. The summed E-state index contributed by atoms with van der Waals surface area (Å²) in [7, 11) is 1.47. The summed E-state index contributed by atoms with van der Waals surface area (Å²) < 4.78 is 34.4. The molecule has 0 aliphatic rings. The summed E-state index contributed by atoms with van der Waals surface area (Å²) in [5, 5.41) is 0. The highest BCUT2D eigenvalue weighted by Gasteiger charge is 2.27. The Morgan fingerprint density at radius 3 is 1.42 bits per heavy atom. The van der Waals surface area contributed by atoms with E-state index in [1.807, 2.05) is 21.1 Å². The van der Waals surface area contributed by atoms with Gasteiger partial charge in [0.25, 0.3) is 0 Å². The Balaban J connectivity index is 4.25. The standard InChI is InChI=1S/C50H92NO8P/c1-6-8-10-12-14-16-18-20-21-22-23-24-25-26-27-28-29-31-33-35-37-39-41-43-50(53)59-48(47-58-60(54,55)57-45-44-51(3,4)5)46-56-49(52)42-40-38-36-34-32-30-19-17-15-13-11-9-7-2/h8,10,14,16,20-21,23-24,48H,6-7,9,11-13,15,17-19,22,25-47H2,1-5H3/p+1/b10-8-,16-14-,21-20-,24-23-. The molecular formula is C50H93NO8P+. The van der Waals surface area contributed by atoms with Crippen molar-refractivity contribution in [2.45, 2.75) is 213 Å². The molecule has 10 heteroatoms. The highest BCUT2D eigenvalue weighted by molar-refractivity contribution is 7.47. The van der Waals surface area contributed by atoms with Crippen molar-refractivity contribution in [1.82, 2.24) is 0 Å². The summed E-state index contributed by atoms with van der Waals surface area (Å²) in [6.45, 7) is 4.32. The largest absolute Gasteiger partial charge is 0.472 e. The number of likely N-dealkylation sites (N-methyl/N-ethyl adjacent to an activating group) is 1. The van der Waals surface area contributed by atoms with Crippen molar-refractivity contribution in [3.05, 3.63) is 48.6 Å². The molecule has 0 fully saturated rings. The molecule has 1 N–H and O–H groups in total. The molecule has 0 rings (SSSR count). The zero-order valence-electron chi connectivity index (χ0n) is 39.4. The summed E-state index contributed by atoms with van der Waals surface area (Å²) in [5.74, 6) is -0.799. The SMILES string of the molecule is CC/C=C\C/C=C\C/C=C\C/C=C\CCCCCCCCCCCCC(=O)OC(COC(=O)CCCCCCCCCCCCCCC)COP(=O)(O)OCC[N+](C)(C)C. The van der Waals surface area contributed by atoms with E-state index in [2.05, 4.69) is 62.5 Å². The van der Waals surface area contributed by atoms with E-state index >= 15 is 0 Å². The van der Waals surface area contributed by atoms with Gasteiger partial charge in [0.15, 0.2) is 6.10 Å². The van der Waals surface area contributed by atoms with Crippen molar-refractivity contribution in [1.29, 1.82) is 0 Å². The topological polar surface area (TPSA) is 108 Å². The van der Waals surface area contributed by atoms with Crippen LogP contribution in [-0.2, 0) is 32.7 Å². The maximum absolute atomic E-state index is 12.7. The normalized spacial score (nSPS) is 13.9. The number of esters is 2. The minimum Gasteiger partial charge on any atom is -0.462 e. The van der Waals surface area contributed by atoms with Crippen molar-refractivity contribution in [3.8, 4) is 0 Å². The molecule has 0 aliphatic carbocycles. The van der Waals surface area contributed by atoms with E-state index in [1.165, 1.54) is 103 Å². The molecule has 0 spiro atoms. The van der Waals surface area contributed by atoms with E-state index in [1.54, 1.807) is 0 Å². The van der Waals surface area contributed by atoms with Crippen LogP contribution in [0.1, 0.15) is 206 Å². The van der Waals surface area contributed by atoms with Crippen LogP contribution in [0.15, 0.2) is 48.6 Å². The van der Waals surface area contributed by atoms with Crippen LogP contribution >= 0.6 is 7.82 Å². The van der Waals surface area contributed by atoms with Gasteiger partial charge in [0.05, 0.1) is 27.7 Å². The third-order valence-corrected chi connectivity index (χ3v) is 11.4. The van der Waals surface area contributed by atoms with E-state index in [0.29, 0.717) is 23.9 Å². The maximum Gasteiger partial charge on any atom is 0.472 e. The zero-order valence-corrected chi connectivity index (χ0v) is 40.3. The molecule has 0 aromatic carbocycles. The third-order valence-electron chi connectivity index (χ3n) is 10.4. The lowest BCUT2D eigenvalue weighted by Crippen LogP contribution is -2.37. The molecule has 0 saturated carbocycles. The van der Waals surface area contributed by atoms with E-state index in [-0.39, 0.29) is 25.6 Å². The van der Waals surface area contributed by atoms with Gasteiger partial charge < -0.3 is 18.9 Å². The van der Waals surface area contributed by atoms with E-state index in [9.17, 15) is 19.0 Å². The molecule has 0 heterocycles. The van der Waals surface area contributed by atoms with Crippen molar-refractivity contribution in [2.75, 3.05) is 47.5 Å². The number of unbranched alkanes of at least 4 members (excludes halogenated alkanes) is 22. The molecule has 2 atom stereocenters. The first-order valence-electron chi connectivity index (χ1n) is 24.4. The molecule has 0 aromatic heterocycles. The van der Waals surface area contributed by atoms with Crippen LogP contribution in [-0.4, -0.2) is 74.9 Å². The van der Waals surface area contributed by atoms with Gasteiger partial charge in [0.1, 0.15) is 19.8 Å². The van der Waals surface area contributed by atoms with Gasteiger partial charge >= 0.3 is 19.8 Å². The molecule has 350 valence electrons. The van der Waals surface area contributed by atoms with Crippen LogP contribution in [0.25, 0.3) is 0 Å². The number of phosphoric acid groups is 1. The number of hydrogen-bond acceptors (Lipinski definition) is 7. The quantitative estimate of drug-likeness (QED) is 0.0212. The molecule has 2 unspecified atom stereocenters. The second-order valence-corrected chi connectivity index (χ2v) is 18.9.